The van der Waals surface area contributed by atoms with Gasteiger partial charge in [0.05, 0.1) is 22.0 Å². The first-order valence-electron chi connectivity index (χ1n) is 10.2. The number of sulfonamides is 1. The molecule has 1 amide bonds. The molecule has 0 fully saturated rings. The monoisotopic (exact) mass is 540 g/mol. The van der Waals surface area contributed by atoms with E-state index in [0.29, 0.717) is 32.9 Å². The molecule has 1 aromatic heterocycles. The lowest BCUT2D eigenvalue weighted by Crippen LogP contribution is -2.16. The molecule has 0 unspecified atom stereocenters. The van der Waals surface area contributed by atoms with Crippen molar-refractivity contribution >= 4 is 54.3 Å². The van der Waals surface area contributed by atoms with E-state index in [4.69, 9.17) is 4.74 Å². The number of methoxy groups -OCH3 is 1. The second kappa shape index (κ2) is 9.40. The average molecular weight is 541 g/mol. The summed E-state index contributed by atoms with van der Waals surface area (Å²) in [6.45, 7) is 3.51. The van der Waals surface area contributed by atoms with Gasteiger partial charge in [-0.25, -0.2) is 23.1 Å². The number of amides is 1. The van der Waals surface area contributed by atoms with Crippen LogP contribution in [0, 0.1) is 13.8 Å². The molecule has 0 bridgehead atoms. The zero-order valence-electron chi connectivity index (χ0n) is 18.6. The summed E-state index contributed by atoms with van der Waals surface area (Å²) in [6, 6.07) is 16.9. The number of nitrogens with one attached hydrogen (secondary N) is 2. The van der Waals surface area contributed by atoms with Gasteiger partial charge in [-0.05, 0) is 76.9 Å². The van der Waals surface area contributed by atoms with Crippen LogP contribution in [-0.2, 0) is 10.0 Å². The Kier molecular flexibility index (Phi) is 6.54. The summed E-state index contributed by atoms with van der Waals surface area (Å²) >= 11 is 3.53. The normalized spacial score (nSPS) is 11.3. The molecule has 0 atom stereocenters. The van der Waals surface area contributed by atoms with E-state index >= 15 is 0 Å². The van der Waals surface area contributed by atoms with E-state index in [-0.39, 0.29) is 16.8 Å². The lowest BCUT2D eigenvalue weighted by molar-refractivity contribution is 0.102. The molecule has 4 aromatic rings. The minimum Gasteiger partial charge on any atom is -0.495 e. The number of benzene rings is 3. The number of rotatable bonds is 6. The van der Waals surface area contributed by atoms with E-state index in [1.54, 1.807) is 26.0 Å². The molecule has 0 saturated carbocycles. The molecule has 3 aromatic carbocycles. The van der Waals surface area contributed by atoms with E-state index in [9.17, 15) is 13.2 Å². The van der Waals surface area contributed by atoms with Gasteiger partial charge in [-0.1, -0.05) is 24.3 Å². The van der Waals surface area contributed by atoms with Crippen LogP contribution in [-0.4, -0.2) is 31.4 Å². The number of fused-ring (bicyclic) bond motifs is 1. The lowest BCUT2D eigenvalue weighted by atomic mass is 10.1. The molecule has 0 radical (unpaired) electrons. The molecule has 0 saturated heterocycles. The van der Waals surface area contributed by atoms with Crippen LogP contribution >= 0.6 is 15.9 Å². The van der Waals surface area contributed by atoms with Crippen LogP contribution in [0.2, 0.25) is 0 Å². The summed E-state index contributed by atoms with van der Waals surface area (Å²) in [5.74, 6) is 0.0255. The molecule has 34 heavy (non-hydrogen) atoms. The van der Waals surface area contributed by atoms with Gasteiger partial charge in [-0.15, -0.1) is 0 Å². The van der Waals surface area contributed by atoms with Crippen LogP contribution in [0.5, 0.6) is 5.75 Å². The van der Waals surface area contributed by atoms with Crippen LogP contribution in [0.4, 0.5) is 11.6 Å². The molecule has 1 heterocycles. The van der Waals surface area contributed by atoms with Gasteiger partial charge in [0.1, 0.15) is 5.75 Å². The topological polar surface area (TPSA) is 110 Å². The summed E-state index contributed by atoms with van der Waals surface area (Å²) in [4.78, 5) is 21.2. The smallest absolute Gasteiger partial charge is 0.264 e. The van der Waals surface area contributed by atoms with Crippen molar-refractivity contribution in [2.24, 2.45) is 0 Å². The maximum Gasteiger partial charge on any atom is 0.264 e. The fourth-order valence-corrected chi connectivity index (χ4v) is 5.20. The highest BCUT2D eigenvalue weighted by Crippen LogP contribution is 2.37. The molecular formula is C24H21BrN4O4S. The van der Waals surface area contributed by atoms with E-state index in [1.807, 2.05) is 24.3 Å². The van der Waals surface area contributed by atoms with Crippen LogP contribution in [0.1, 0.15) is 21.7 Å². The second-order valence-corrected chi connectivity index (χ2v) is 10.0. The van der Waals surface area contributed by atoms with Crippen molar-refractivity contribution < 1.29 is 17.9 Å². The van der Waals surface area contributed by atoms with E-state index < -0.39 is 10.0 Å². The Morgan fingerprint density at radius 3 is 2.26 bits per heavy atom. The highest BCUT2D eigenvalue weighted by molar-refractivity contribution is 9.10. The molecule has 10 heteroatoms. The molecule has 0 aliphatic rings. The van der Waals surface area contributed by atoms with Gasteiger partial charge in [0.15, 0.2) is 0 Å². The van der Waals surface area contributed by atoms with E-state index in [1.165, 1.54) is 31.4 Å². The Hall–Kier alpha value is -3.50. The highest BCUT2D eigenvalue weighted by atomic mass is 79.9. The number of carbonyl (C=O) groups excluding carboxylic acids is 1. The Bertz CT molecular complexity index is 1490. The van der Waals surface area contributed by atoms with Gasteiger partial charge < -0.3 is 10.1 Å². The molecule has 2 N–H and O–H groups in total. The molecule has 0 spiro atoms. The summed E-state index contributed by atoms with van der Waals surface area (Å²) in [6.07, 6.45) is 0. The SMILES string of the molecule is COc1c(C(=O)Nc2ccc(S(=O)(=O)Nc3nc(C)cc(C)n3)cc2)cc2ccccc2c1Br. The summed E-state index contributed by atoms with van der Waals surface area (Å²) in [7, 11) is -2.40. The van der Waals surface area contributed by atoms with Gasteiger partial charge in [0.2, 0.25) is 5.95 Å². The minimum absolute atomic E-state index is 0.00357. The molecule has 0 aliphatic heterocycles. The van der Waals surface area contributed by atoms with Crippen molar-refractivity contribution in [3.8, 4) is 5.75 Å². The Labute approximate surface area is 205 Å². The predicted octanol–water partition coefficient (Wildman–Crippen LogP) is 5.07. The number of nitrogens with zero attached hydrogens (tertiary/aromatic N) is 2. The summed E-state index contributed by atoms with van der Waals surface area (Å²) in [5, 5.41) is 4.59. The molecular weight excluding hydrogens is 520 g/mol. The number of hydrogen-bond donors (Lipinski definition) is 2. The first-order chi connectivity index (χ1) is 16.2. The highest BCUT2D eigenvalue weighted by Gasteiger charge is 2.20. The van der Waals surface area contributed by atoms with Gasteiger partial charge in [-0.2, -0.15) is 0 Å². The van der Waals surface area contributed by atoms with Crippen molar-refractivity contribution in [2.75, 3.05) is 17.1 Å². The van der Waals surface area contributed by atoms with Crippen molar-refractivity contribution in [1.82, 2.24) is 9.97 Å². The van der Waals surface area contributed by atoms with Crippen molar-refractivity contribution in [2.45, 2.75) is 18.7 Å². The number of hydrogen-bond acceptors (Lipinski definition) is 6. The molecule has 4 rings (SSSR count). The predicted molar refractivity (Wildman–Crippen MR) is 135 cm³/mol. The third-order valence-electron chi connectivity index (χ3n) is 5.02. The fourth-order valence-electron chi connectivity index (χ4n) is 3.52. The van der Waals surface area contributed by atoms with Crippen molar-refractivity contribution in [3.63, 3.8) is 0 Å². The van der Waals surface area contributed by atoms with E-state index in [0.717, 1.165) is 10.8 Å². The summed E-state index contributed by atoms with van der Waals surface area (Å²) < 4.78 is 34.0. The Morgan fingerprint density at radius 1 is 0.971 bits per heavy atom. The van der Waals surface area contributed by atoms with Crippen molar-refractivity contribution in [3.05, 3.63) is 82.1 Å². The first-order valence-corrected chi connectivity index (χ1v) is 12.5. The Balaban J connectivity index is 1.56. The molecule has 0 aliphatic carbocycles. The number of ether oxygens (including phenoxy) is 1. The van der Waals surface area contributed by atoms with Crippen LogP contribution in [0.3, 0.4) is 0 Å². The van der Waals surface area contributed by atoms with Gasteiger partial charge in [0.25, 0.3) is 15.9 Å². The standard InChI is InChI=1S/C24H21BrN4O4S/c1-14-12-15(2)27-24(26-14)29-34(31,32)18-10-8-17(9-11-18)28-23(30)20-13-16-6-4-5-7-19(16)21(25)22(20)33-3/h4-13H,1-3H3,(H,28,30)(H,26,27,29). The van der Waals surface area contributed by atoms with Crippen LogP contribution < -0.4 is 14.8 Å². The quantitative estimate of drug-likeness (QED) is 0.353. The minimum atomic E-state index is -3.90. The largest absolute Gasteiger partial charge is 0.495 e. The van der Waals surface area contributed by atoms with Gasteiger partial charge >= 0.3 is 0 Å². The zero-order chi connectivity index (χ0) is 24.5. The van der Waals surface area contributed by atoms with Crippen molar-refractivity contribution in [1.29, 1.82) is 0 Å². The third-order valence-corrected chi connectivity index (χ3v) is 7.15. The third kappa shape index (κ3) is 4.87. The first kappa shape index (κ1) is 23.7. The van der Waals surface area contributed by atoms with E-state index in [2.05, 4.69) is 35.9 Å². The Morgan fingerprint density at radius 2 is 1.62 bits per heavy atom. The molecule has 174 valence electrons. The zero-order valence-corrected chi connectivity index (χ0v) is 21.0. The number of aromatic nitrogens is 2. The summed E-state index contributed by atoms with van der Waals surface area (Å²) in [5.41, 5.74) is 2.08. The maximum atomic E-state index is 13.0. The number of carbonyl (C=O) groups is 1. The van der Waals surface area contributed by atoms with Crippen LogP contribution in [0.25, 0.3) is 10.8 Å². The average Bonchev–Trinajstić information content (AvgIpc) is 2.78. The van der Waals surface area contributed by atoms with Gasteiger partial charge in [0, 0.05) is 17.1 Å². The molecule has 8 nitrogen and oxygen atoms in total. The van der Waals surface area contributed by atoms with Crippen LogP contribution in [0.15, 0.2) is 70.0 Å². The second-order valence-electron chi connectivity index (χ2n) is 7.55. The van der Waals surface area contributed by atoms with Gasteiger partial charge in [-0.3, -0.25) is 4.79 Å². The number of halogens is 1. The lowest BCUT2D eigenvalue weighted by Gasteiger charge is -2.14. The number of aryl methyl sites for hydroxylation is 2. The fraction of sp³-hybridized carbons (Fsp3) is 0.125. The maximum absolute atomic E-state index is 13.0. The number of anilines is 2.